The summed E-state index contributed by atoms with van der Waals surface area (Å²) >= 11 is 1.19. The number of amides is 1. The van der Waals surface area contributed by atoms with Crippen LogP contribution in [-0.2, 0) is 4.79 Å². The Kier molecular flexibility index (Phi) is 4.75. The molecular formula is C23H15FN2O5S. The Labute approximate surface area is 185 Å². The second-order valence-corrected chi connectivity index (χ2v) is 8.04. The number of halogens is 1. The number of Topliss-reactive ketones (excluding diaryl/α,β-unsaturated/α-hetero) is 1. The molecule has 1 aliphatic rings. The summed E-state index contributed by atoms with van der Waals surface area (Å²) in [6.45, 7) is 0. The molecule has 4 aromatic rings. The van der Waals surface area contributed by atoms with Gasteiger partial charge in [-0.05, 0) is 48.0 Å². The molecule has 1 atom stereocenters. The van der Waals surface area contributed by atoms with E-state index < -0.39 is 29.3 Å². The van der Waals surface area contributed by atoms with Gasteiger partial charge in [0.1, 0.15) is 11.6 Å². The van der Waals surface area contributed by atoms with Crippen molar-refractivity contribution < 1.29 is 28.2 Å². The lowest BCUT2D eigenvalue weighted by molar-refractivity contribution is -0.117. The smallest absolute Gasteiger partial charge is 0.296 e. The van der Waals surface area contributed by atoms with E-state index in [9.17, 15) is 19.1 Å². The lowest BCUT2D eigenvalue weighted by Gasteiger charge is -2.24. The van der Waals surface area contributed by atoms with Crippen molar-refractivity contribution in [2.75, 3.05) is 12.0 Å². The number of furan rings is 1. The largest absolute Gasteiger partial charge is 0.503 e. The van der Waals surface area contributed by atoms with Crippen molar-refractivity contribution in [1.82, 2.24) is 4.98 Å². The number of aliphatic hydroxyl groups excluding tert-OH is 1. The van der Waals surface area contributed by atoms with Crippen LogP contribution in [0.4, 0.5) is 9.52 Å². The first kappa shape index (κ1) is 20.0. The van der Waals surface area contributed by atoms with Crippen LogP contribution in [0, 0.1) is 5.82 Å². The van der Waals surface area contributed by atoms with Crippen LogP contribution in [0.15, 0.2) is 76.6 Å². The molecule has 0 radical (unpaired) electrons. The summed E-state index contributed by atoms with van der Waals surface area (Å²) in [5.74, 6) is -2.16. The first-order valence-electron chi connectivity index (χ1n) is 9.53. The highest BCUT2D eigenvalue weighted by molar-refractivity contribution is 7.22. The van der Waals surface area contributed by atoms with Crippen LogP contribution >= 0.6 is 11.3 Å². The van der Waals surface area contributed by atoms with Gasteiger partial charge in [-0.25, -0.2) is 9.37 Å². The van der Waals surface area contributed by atoms with Crippen molar-refractivity contribution in [3.8, 4) is 5.75 Å². The average molecular weight is 450 g/mol. The fourth-order valence-electron chi connectivity index (χ4n) is 3.69. The van der Waals surface area contributed by atoms with Crippen LogP contribution in [0.2, 0.25) is 0 Å². The van der Waals surface area contributed by atoms with E-state index in [-0.39, 0.29) is 16.5 Å². The lowest BCUT2D eigenvalue weighted by Crippen LogP contribution is -2.31. The van der Waals surface area contributed by atoms with Crippen LogP contribution < -0.4 is 9.64 Å². The second-order valence-electron chi connectivity index (χ2n) is 7.03. The monoisotopic (exact) mass is 450 g/mol. The Morgan fingerprint density at radius 3 is 2.78 bits per heavy atom. The van der Waals surface area contributed by atoms with Crippen LogP contribution in [0.3, 0.4) is 0 Å². The predicted molar refractivity (Wildman–Crippen MR) is 115 cm³/mol. The Bertz CT molecular complexity index is 1390. The maximum absolute atomic E-state index is 14.1. The Balaban J connectivity index is 1.68. The molecule has 0 fully saturated rings. The minimum atomic E-state index is -1.08. The Hall–Kier alpha value is -3.98. The van der Waals surface area contributed by atoms with Crippen molar-refractivity contribution in [2.45, 2.75) is 6.04 Å². The molecule has 0 saturated heterocycles. The fourth-order valence-corrected chi connectivity index (χ4v) is 4.71. The first-order chi connectivity index (χ1) is 15.5. The number of carbonyl (C=O) groups excluding carboxylic acids is 2. The number of fused-ring (bicyclic) bond motifs is 1. The molecule has 0 aliphatic carbocycles. The summed E-state index contributed by atoms with van der Waals surface area (Å²) in [4.78, 5) is 32.0. The molecule has 3 heterocycles. The number of rotatable bonds is 5. The molecule has 0 spiro atoms. The lowest BCUT2D eigenvalue weighted by atomic mass is 9.95. The average Bonchev–Trinajstić information content (AvgIpc) is 3.51. The fraction of sp³-hybridized carbons (Fsp3) is 0.0870. The molecule has 2 aromatic heterocycles. The molecule has 1 N–H and O–H groups in total. The summed E-state index contributed by atoms with van der Waals surface area (Å²) in [5.41, 5.74) is 0.725. The summed E-state index contributed by atoms with van der Waals surface area (Å²) in [7, 11) is 1.54. The third-order valence-corrected chi connectivity index (χ3v) is 6.17. The molecule has 7 nitrogen and oxygen atoms in total. The van der Waals surface area contributed by atoms with Gasteiger partial charge in [-0.1, -0.05) is 23.5 Å². The van der Waals surface area contributed by atoms with E-state index >= 15 is 0 Å². The zero-order valence-electron chi connectivity index (χ0n) is 16.6. The van der Waals surface area contributed by atoms with E-state index in [0.717, 1.165) is 4.70 Å². The van der Waals surface area contributed by atoms with Gasteiger partial charge >= 0.3 is 0 Å². The third kappa shape index (κ3) is 3.14. The van der Waals surface area contributed by atoms with Gasteiger partial charge in [0, 0.05) is 0 Å². The topological polar surface area (TPSA) is 92.9 Å². The highest BCUT2D eigenvalue weighted by atomic mass is 32.1. The SMILES string of the molecule is COc1ccc2nc(N3C(=O)C(O)=C(C(=O)c4ccco4)[C@@H]3c3cccc(F)c3)sc2c1. The molecule has 0 unspecified atom stereocenters. The number of benzene rings is 2. The predicted octanol–water partition coefficient (Wildman–Crippen LogP) is 4.82. The number of aromatic nitrogens is 1. The van der Waals surface area contributed by atoms with Gasteiger partial charge in [-0.3, -0.25) is 14.5 Å². The number of hydrogen-bond donors (Lipinski definition) is 1. The van der Waals surface area contributed by atoms with Gasteiger partial charge in [0.2, 0.25) is 5.78 Å². The van der Waals surface area contributed by atoms with Crippen molar-refractivity contribution >= 4 is 38.4 Å². The standard InChI is InChI=1S/C23H15FN2O5S/c1-30-14-7-8-15-17(11-14)32-23(25-15)26-19(12-4-2-5-13(24)10-12)18(21(28)22(26)29)20(27)16-6-3-9-31-16/h2-11,19,28H,1H3/t19-/m0/s1. The molecule has 2 aromatic carbocycles. The maximum atomic E-state index is 14.1. The van der Waals surface area contributed by atoms with Crippen LogP contribution in [-0.4, -0.2) is 28.9 Å². The van der Waals surface area contributed by atoms with E-state index in [1.807, 2.05) is 0 Å². The summed E-state index contributed by atoms with van der Waals surface area (Å²) < 4.78 is 25.3. The minimum Gasteiger partial charge on any atom is -0.503 e. The molecule has 5 rings (SSSR count). The van der Waals surface area contributed by atoms with Crippen molar-refractivity contribution in [3.63, 3.8) is 0 Å². The minimum absolute atomic E-state index is 0.0448. The highest BCUT2D eigenvalue weighted by Gasteiger charge is 2.46. The van der Waals surface area contributed by atoms with E-state index in [0.29, 0.717) is 16.8 Å². The van der Waals surface area contributed by atoms with Crippen molar-refractivity contribution in [3.05, 3.63) is 89.3 Å². The first-order valence-corrected chi connectivity index (χ1v) is 10.3. The zero-order chi connectivity index (χ0) is 22.4. The highest BCUT2D eigenvalue weighted by Crippen LogP contribution is 2.44. The van der Waals surface area contributed by atoms with Gasteiger partial charge in [-0.2, -0.15) is 0 Å². The molecule has 0 saturated carbocycles. The van der Waals surface area contributed by atoms with Crippen LogP contribution in [0.5, 0.6) is 5.75 Å². The molecule has 160 valence electrons. The Morgan fingerprint density at radius 1 is 1.22 bits per heavy atom. The number of ketones is 1. The number of hydrogen-bond acceptors (Lipinski definition) is 7. The number of methoxy groups -OCH3 is 1. The second kappa shape index (κ2) is 7.61. The summed E-state index contributed by atoms with van der Waals surface area (Å²) in [6, 6.07) is 12.7. The molecular weight excluding hydrogens is 435 g/mol. The van der Waals surface area contributed by atoms with Crippen molar-refractivity contribution in [1.29, 1.82) is 0 Å². The zero-order valence-corrected chi connectivity index (χ0v) is 17.4. The van der Waals surface area contributed by atoms with Gasteiger partial charge in [0.05, 0.1) is 35.2 Å². The van der Waals surface area contributed by atoms with E-state index in [1.165, 1.54) is 52.8 Å². The number of nitrogens with zero attached hydrogens (tertiary/aromatic N) is 2. The summed E-state index contributed by atoms with van der Waals surface area (Å²) in [6.07, 6.45) is 1.32. The van der Waals surface area contributed by atoms with Crippen molar-refractivity contribution in [2.24, 2.45) is 0 Å². The third-order valence-electron chi connectivity index (χ3n) is 5.15. The van der Waals surface area contributed by atoms with E-state index in [4.69, 9.17) is 9.15 Å². The van der Waals surface area contributed by atoms with Gasteiger partial charge in [0.15, 0.2) is 16.7 Å². The van der Waals surface area contributed by atoms with Crippen LogP contribution in [0.25, 0.3) is 10.2 Å². The molecule has 1 amide bonds. The number of carbonyl (C=O) groups is 2. The quantitative estimate of drug-likeness (QED) is 0.438. The molecule has 9 heteroatoms. The Morgan fingerprint density at radius 2 is 2.06 bits per heavy atom. The number of ether oxygens (including phenoxy) is 1. The van der Waals surface area contributed by atoms with Gasteiger partial charge < -0.3 is 14.3 Å². The van der Waals surface area contributed by atoms with E-state index in [2.05, 4.69) is 4.98 Å². The van der Waals surface area contributed by atoms with E-state index in [1.54, 1.807) is 31.4 Å². The number of thiazole rings is 1. The molecule has 0 bridgehead atoms. The maximum Gasteiger partial charge on any atom is 0.296 e. The van der Waals surface area contributed by atoms with Gasteiger partial charge in [0.25, 0.3) is 5.91 Å². The molecule has 32 heavy (non-hydrogen) atoms. The van der Waals surface area contributed by atoms with Crippen LogP contribution in [0.1, 0.15) is 22.2 Å². The normalized spacial score (nSPS) is 16.2. The molecule has 1 aliphatic heterocycles. The summed E-state index contributed by atoms with van der Waals surface area (Å²) in [5, 5.41) is 11.0. The number of anilines is 1. The number of aliphatic hydroxyl groups is 1. The van der Waals surface area contributed by atoms with Gasteiger partial charge in [-0.15, -0.1) is 0 Å².